The molecule has 0 spiro atoms. The molecular weight excluding hydrogens is 653 g/mol. The maximum atomic E-state index is 14.7. The fraction of sp³-hybridized carbons (Fsp3) is 0.297. The fourth-order valence-corrected chi connectivity index (χ4v) is 7.01. The Bertz CT molecular complexity index is 1800. The Labute approximate surface area is 288 Å². The third-order valence-corrected chi connectivity index (χ3v) is 10.5. The lowest BCUT2D eigenvalue weighted by Crippen LogP contribution is -2.54. The van der Waals surface area contributed by atoms with Gasteiger partial charge >= 0.3 is 0 Å². The largest absolute Gasteiger partial charge is 0.352 e. The van der Waals surface area contributed by atoms with E-state index in [1.54, 1.807) is 42.5 Å². The van der Waals surface area contributed by atoms with Crippen molar-refractivity contribution < 1.29 is 18.0 Å². The molecule has 0 radical (unpaired) electrons. The van der Waals surface area contributed by atoms with Gasteiger partial charge in [-0.3, -0.25) is 13.9 Å². The van der Waals surface area contributed by atoms with Crippen molar-refractivity contribution in [1.29, 1.82) is 0 Å². The van der Waals surface area contributed by atoms with Gasteiger partial charge in [0.25, 0.3) is 10.0 Å². The normalized spacial score (nSPS) is 12.7. The van der Waals surface area contributed by atoms with Crippen LogP contribution in [0.15, 0.2) is 95.9 Å². The Hall–Kier alpha value is -3.85. The molecule has 0 fully saturated rings. The predicted molar refractivity (Wildman–Crippen MR) is 190 cm³/mol. The van der Waals surface area contributed by atoms with Crippen LogP contribution in [0.2, 0.25) is 10.0 Å². The predicted octanol–water partition coefficient (Wildman–Crippen LogP) is 7.67. The number of carbonyl (C=O) groups is 2. The zero-order chi connectivity index (χ0) is 34.3. The van der Waals surface area contributed by atoms with Crippen LogP contribution in [0.5, 0.6) is 0 Å². The van der Waals surface area contributed by atoms with E-state index in [1.165, 1.54) is 17.0 Å². The van der Waals surface area contributed by atoms with Crippen molar-refractivity contribution in [1.82, 2.24) is 10.2 Å². The molecule has 10 heteroatoms. The molecule has 0 aromatic heterocycles. The number of anilines is 1. The number of sulfonamides is 1. The zero-order valence-corrected chi connectivity index (χ0v) is 29.7. The van der Waals surface area contributed by atoms with Crippen molar-refractivity contribution in [2.24, 2.45) is 0 Å². The highest BCUT2D eigenvalue weighted by Gasteiger charge is 2.35. The number of hydrogen-bond acceptors (Lipinski definition) is 4. The number of rotatable bonds is 13. The lowest BCUT2D eigenvalue weighted by Gasteiger charge is -2.34. The standard InChI is InChI=1S/C37H41Cl2N3O4S/c1-6-28(5)40-37(44)35(22-29-10-8-7-9-11-29)41(23-30-14-17-33(38)34(39)21-30)36(43)24-42(31-19-26(3)18-27(4)20-31)47(45,46)32-15-12-25(2)13-16-32/h7-21,28,35H,6,22-24H2,1-5H3,(H,40,44)/t28-,35-/m0/s1. The van der Waals surface area contributed by atoms with Gasteiger partial charge in [-0.25, -0.2) is 8.42 Å². The van der Waals surface area contributed by atoms with Gasteiger partial charge in [0.15, 0.2) is 0 Å². The molecule has 0 saturated carbocycles. The summed E-state index contributed by atoms with van der Waals surface area (Å²) in [5.74, 6) is -0.887. The van der Waals surface area contributed by atoms with Gasteiger partial charge in [0.1, 0.15) is 12.6 Å². The topological polar surface area (TPSA) is 86.8 Å². The maximum Gasteiger partial charge on any atom is 0.264 e. The lowest BCUT2D eigenvalue weighted by molar-refractivity contribution is -0.140. The van der Waals surface area contributed by atoms with Gasteiger partial charge in [0.05, 0.1) is 20.6 Å². The minimum Gasteiger partial charge on any atom is -0.352 e. The van der Waals surface area contributed by atoms with Crippen LogP contribution in [-0.4, -0.2) is 43.8 Å². The molecule has 0 aliphatic carbocycles. The Morgan fingerprint density at radius 2 is 1.43 bits per heavy atom. The average molecular weight is 695 g/mol. The maximum absolute atomic E-state index is 14.7. The second-order valence-electron chi connectivity index (χ2n) is 12.0. The van der Waals surface area contributed by atoms with Crippen LogP contribution in [0.25, 0.3) is 0 Å². The van der Waals surface area contributed by atoms with Crippen LogP contribution in [-0.2, 0) is 32.6 Å². The Kier molecular flexibility index (Phi) is 12.1. The fourth-order valence-electron chi connectivity index (χ4n) is 5.29. The van der Waals surface area contributed by atoms with Crippen molar-refractivity contribution in [2.45, 2.75) is 71.0 Å². The molecule has 0 heterocycles. The van der Waals surface area contributed by atoms with Crippen LogP contribution < -0.4 is 9.62 Å². The first kappa shape index (κ1) is 36.0. The molecular formula is C37H41Cl2N3O4S. The van der Waals surface area contributed by atoms with Gasteiger partial charge in [-0.05, 0) is 92.8 Å². The second-order valence-corrected chi connectivity index (χ2v) is 14.6. The lowest BCUT2D eigenvalue weighted by atomic mass is 10.0. The first-order chi connectivity index (χ1) is 22.3. The zero-order valence-electron chi connectivity index (χ0n) is 27.3. The van der Waals surface area contributed by atoms with Crippen LogP contribution >= 0.6 is 23.2 Å². The van der Waals surface area contributed by atoms with Crippen molar-refractivity contribution in [3.63, 3.8) is 0 Å². The number of nitrogens with zero attached hydrogens (tertiary/aromatic N) is 2. The molecule has 47 heavy (non-hydrogen) atoms. The van der Waals surface area contributed by atoms with Crippen LogP contribution in [0.3, 0.4) is 0 Å². The average Bonchev–Trinajstić information content (AvgIpc) is 3.03. The molecule has 2 atom stereocenters. The highest BCUT2D eigenvalue weighted by Crippen LogP contribution is 2.28. The Morgan fingerprint density at radius 3 is 2.02 bits per heavy atom. The quantitative estimate of drug-likeness (QED) is 0.156. The first-order valence-corrected chi connectivity index (χ1v) is 17.7. The Morgan fingerprint density at radius 1 is 0.787 bits per heavy atom. The summed E-state index contributed by atoms with van der Waals surface area (Å²) < 4.78 is 29.7. The minimum absolute atomic E-state index is 0.00753. The summed E-state index contributed by atoms with van der Waals surface area (Å²) in [5.41, 5.74) is 4.44. The van der Waals surface area contributed by atoms with Crippen molar-refractivity contribution in [2.75, 3.05) is 10.8 Å². The summed E-state index contributed by atoms with van der Waals surface area (Å²) in [6, 6.07) is 25.3. The summed E-state index contributed by atoms with van der Waals surface area (Å²) in [5, 5.41) is 3.70. The van der Waals surface area contributed by atoms with Gasteiger partial charge < -0.3 is 10.2 Å². The third-order valence-electron chi connectivity index (χ3n) is 7.99. The summed E-state index contributed by atoms with van der Waals surface area (Å²) in [6.45, 7) is 8.95. The van der Waals surface area contributed by atoms with Crippen molar-refractivity contribution >= 4 is 50.7 Å². The summed E-state index contributed by atoms with van der Waals surface area (Å²) >= 11 is 12.6. The smallest absolute Gasteiger partial charge is 0.264 e. The van der Waals surface area contributed by atoms with Gasteiger partial charge in [-0.1, -0.05) is 90.3 Å². The van der Waals surface area contributed by atoms with E-state index in [2.05, 4.69) is 5.32 Å². The Balaban J connectivity index is 1.85. The molecule has 2 amide bonds. The van der Waals surface area contributed by atoms with E-state index < -0.39 is 28.5 Å². The molecule has 4 aromatic carbocycles. The van der Waals surface area contributed by atoms with E-state index in [-0.39, 0.29) is 29.8 Å². The van der Waals surface area contributed by atoms with Gasteiger partial charge in [-0.15, -0.1) is 0 Å². The van der Waals surface area contributed by atoms with Crippen LogP contribution in [0.4, 0.5) is 5.69 Å². The van der Waals surface area contributed by atoms with Crippen molar-refractivity contribution in [3.8, 4) is 0 Å². The molecule has 248 valence electrons. The van der Waals surface area contributed by atoms with E-state index in [0.717, 1.165) is 26.6 Å². The van der Waals surface area contributed by atoms with Crippen molar-refractivity contribution in [3.05, 3.63) is 129 Å². The molecule has 0 aliphatic rings. The number of carbonyl (C=O) groups excluding carboxylic acids is 2. The monoisotopic (exact) mass is 693 g/mol. The van der Waals surface area contributed by atoms with Gasteiger partial charge in [-0.2, -0.15) is 0 Å². The highest BCUT2D eigenvalue weighted by molar-refractivity contribution is 7.92. The number of nitrogens with one attached hydrogen (secondary N) is 1. The van der Waals surface area contributed by atoms with E-state index in [9.17, 15) is 18.0 Å². The summed E-state index contributed by atoms with van der Waals surface area (Å²) in [6.07, 6.45) is 0.907. The first-order valence-electron chi connectivity index (χ1n) is 15.5. The van der Waals surface area contributed by atoms with Crippen LogP contribution in [0.1, 0.15) is 48.1 Å². The van der Waals surface area contributed by atoms with Crippen LogP contribution in [0, 0.1) is 20.8 Å². The van der Waals surface area contributed by atoms with Gasteiger partial charge in [0, 0.05) is 19.0 Å². The summed E-state index contributed by atoms with van der Waals surface area (Å²) in [7, 11) is -4.20. The number of hydrogen-bond donors (Lipinski definition) is 1. The molecule has 0 aliphatic heterocycles. The molecule has 0 bridgehead atoms. The molecule has 1 N–H and O–H groups in total. The minimum atomic E-state index is -4.20. The number of benzene rings is 4. The molecule has 7 nitrogen and oxygen atoms in total. The van der Waals surface area contributed by atoms with E-state index in [1.807, 2.05) is 71.0 Å². The molecule has 0 unspecified atom stereocenters. The van der Waals surface area contributed by atoms with E-state index >= 15 is 0 Å². The van der Waals surface area contributed by atoms with E-state index in [0.29, 0.717) is 27.7 Å². The SMILES string of the molecule is CC[C@H](C)NC(=O)[C@H](Cc1ccccc1)N(Cc1ccc(Cl)c(Cl)c1)C(=O)CN(c1cc(C)cc(C)c1)S(=O)(=O)c1ccc(C)cc1. The summed E-state index contributed by atoms with van der Waals surface area (Å²) in [4.78, 5) is 30.1. The number of amides is 2. The molecule has 4 rings (SSSR count). The third kappa shape index (κ3) is 9.37. The van der Waals surface area contributed by atoms with Gasteiger partial charge in [0.2, 0.25) is 11.8 Å². The number of aryl methyl sites for hydroxylation is 3. The highest BCUT2D eigenvalue weighted by atomic mass is 35.5. The molecule has 4 aromatic rings. The number of halogens is 2. The second kappa shape index (κ2) is 15.8. The molecule has 0 saturated heterocycles. The van der Waals surface area contributed by atoms with E-state index in [4.69, 9.17) is 23.2 Å².